The van der Waals surface area contributed by atoms with Crippen molar-refractivity contribution < 1.29 is 14.3 Å². The Morgan fingerprint density at radius 2 is 1.61 bits per heavy atom. The van der Waals surface area contributed by atoms with Crippen molar-refractivity contribution in [3.8, 4) is 0 Å². The van der Waals surface area contributed by atoms with Crippen LogP contribution in [-0.4, -0.2) is 66.2 Å². The maximum Gasteiger partial charge on any atom is 0.408 e. The predicted molar refractivity (Wildman–Crippen MR) is 167 cm³/mol. The summed E-state index contributed by atoms with van der Waals surface area (Å²) in [6, 6.07) is 10.6. The largest absolute Gasteiger partial charge is 0.444 e. The van der Waals surface area contributed by atoms with Gasteiger partial charge in [-0.1, -0.05) is 46.9 Å². The van der Waals surface area contributed by atoms with Gasteiger partial charge >= 0.3 is 6.09 Å². The molecule has 2 heterocycles. The van der Waals surface area contributed by atoms with E-state index in [9.17, 15) is 9.59 Å². The van der Waals surface area contributed by atoms with Crippen LogP contribution in [0.15, 0.2) is 36.4 Å². The number of alkyl carbamates (subject to hydrolysis) is 1. The number of rotatable bonds is 9. The second-order valence-electron chi connectivity index (χ2n) is 12.2. The summed E-state index contributed by atoms with van der Waals surface area (Å²) in [6.45, 7) is 10.2. The molecule has 0 radical (unpaired) electrons. The van der Waals surface area contributed by atoms with Gasteiger partial charge in [0.25, 0.3) is 0 Å². The molecule has 9 heteroatoms. The Bertz CT molecular complexity index is 1200. The zero-order chi connectivity index (χ0) is 29.6. The smallest absolute Gasteiger partial charge is 0.408 e. The highest BCUT2D eigenvalue weighted by Crippen LogP contribution is 2.33. The van der Waals surface area contributed by atoms with Gasteiger partial charge in [0.2, 0.25) is 5.91 Å². The van der Waals surface area contributed by atoms with Crippen molar-refractivity contribution in [3.05, 3.63) is 68.2 Å². The summed E-state index contributed by atoms with van der Waals surface area (Å²) in [5, 5.41) is 4.55. The van der Waals surface area contributed by atoms with E-state index in [2.05, 4.69) is 22.3 Å². The molecule has 2 amide bonds. The first kappa shape index (κ1) is 31.9. The Balaban J connectivity index is 1.41. The van der Waals surface area contributed by atoms with E-state index >= 15 is 0 Å². The third kappa shape index (κ3) is 9.51. The van der Waals surface area contributed by atoms with Crippen LogP contribution in [0.2, 0.25) is 15.1 Å². The van der Waals surface area contributed by atoms with Gasteiger partial charge in [-0.15, -0.1) is 0 Å². The highest BCUT2D eigenvalue weighted by Gasteiger charge is 2.32. The number of amides is 2. The maximum absolute atomic E-state index is 13.8. The first-order chi connectivity index (χ1) is 19.5. The van der Waals surface area contributed by atoms with Crippen LogP contribution in [-0.2, 0) is 22.4 Å². The number of aryl methyl sites for hydroxylation is 1. The fraction of sp³-hybridized carbons (Fsp3) is 0.562. The highest BCUT2D eigenvalue weighted by atomic mass is 35.5. The normalized spacial score (nSPS) is 17.5. The molecule has 2 fully saturated rings. The lowest BCUT2D eigenvalue weighted by Gasteiger charge is -2.35. The van der Waals surface area contributed by atoms with Crippen molar-refractivity contribution in [2.24, 2.45) is 0 Å². The number of nitrogens with zero attached hydrogens (tertiary/aromatic N) is 2. The van der Waals surface area contributed by atoms with Crippen LogP contribution in [0.5, 0.6) is 0 Å². The standard InChI is InChI=1S/C32H42Cl3N3O3/c1-32(2,3)41-31(40)36-29(20-24-8-9-26(34)21-28(24)35)30(39)38-17-12-22(13-18-38)27-11-10-25(33)19-23(27)7-6-16-37-14-4-5-15-37/h8-11,19,21-22,29H,4-7,12-18,20H2,1-3H3,(H,36,40)/t29-/m1/s1. The number of halogens is 3. The average Bonchev–Trinajstić information content (AvgIpc) is 3.42. The van der Waals surface area contributed by atoms with Gasteiger partial charge in [-0.3, -0.25) is 4.79 Å². The van der Waals surface area contributed by atoms with Crippen molar-refractivity contribution >= 4 is 46.8 Å². The van der Waals surface area contributed by atoms with E-state index < -0.39 is 17.7 Å². The molecule has 0 aliphatic carbocycles. The molecule has 0 unspecified atom stereocenters. The molecule has 0 saturated carbocycles. The van der Waals surface area contributed by atoms with E-state index in [4.69, 9.17) is 39.5 Å². The number of hydrogen-bond donors (Lipinski definition) is 1. The minimum Gasteiger partial charge on any atom is -0.444 e. The monoisotopic (exact) mass is 621 g/mol. The molecule has 2 aromatic carbocycles. The van der Waals surface area contributed by atoms with E-state index in [0.29, 0.717) is 29.1 Å². The minimum atomic E-state index is -0.809. The number of hydrogen-bond acceptors (Lipinski definition) is 4. The van der Waals surface area contributed by atoms with E-state index in [1.807, 2.05) is 11.0 Å². The third-order valence-corrected chi connectivity index (χ3v) is 8.72. The van der Waals surface area contributed by atoms with Gasteiger partial charge in [-0.05, 0) is 126 Å². The molecular formula is C32H42Cl3N3O3. The van der Waals surface area contributed by atoms with Gasteiger partial charge in [0.1, 0.15) is 11.6 Å². The van der Waals surface area contributed by atoms with Crippen LogP contribution in [0.25, 0.3) is 0 Å². The summed E-state index contributed by atoms with van der Waals surface area (Å²) in [5.41, 5.74) is 2.72. The molecule has 2 aliphatic rings. The quantitative estimate of drug-likeness (QED) is 0.314. The molecule has 2 aliphatic heterocycles. The molecular weight excluding hydrogens is 581 g/mol. The maximum atomic E-state index is 13.8. The predicted octanol–water partition coefficient (Wildman–Crippen LogP) is 7.52. The first-order valence-electron chi connectivity index (χ1n) is 14.7. The van der Waals surface area contributed by atoms with Crippen molar-refractivity contribution in [3.63, 3.8) is 0 Å². The molecule has 0 aromatic heterocycles. The van der Waals surface area contributed by atoms with Crippen molar-refractivity contribution in [1.82, 2.24) is 15.1 Å². The van der Waals surface area contributed by atoms with Crippen molar-refractivity contribution in [2.75, 3.05) is 32.7 Å². The lowest BCUT2D eigenvalue weighted by molar-refractivity contribution is -0.134. The summed E-state index contributed by atoms with van der Waals surface area (Å²) in [4.78, 5) is 30.9. The Labute approximate surface area is 259 Å². The second kappa shape index (κ2) is 14.5. The molecule has 6 nitrogen and oxygen atoms in total. The van der Waals surface area contributed by atoms with Gasteiger partial charge in [-0.2, -0.15) is 0 Å². The van der Waals surface area contributed by atoms with Crippen LogP contribution >= 0.6 is 34.8 Å². The average molecular weight is 623 g/mol. The van der Waals surface area contributed by atoms with Gasteiger partial charge in [0.15, 0.2) is 0 Å². The number of ether oxygens (including phenoxy) is 1. The summed E-state index contributed by atoms with van der Waals surface area (Å²) in [6.07, 6.45) is 6.06. The summed E-state index contributed by atoms with van der Waals surface area (Å²) < 4.78 is 5.47. The van der Waals surface area contributed by atoms with Gasteiger partial charge in [0.05, 0.1) is 0 Å². The van der Waals surface area contributed by atoms with E-state index in [1.54, 1.807) is 39.0 Å². The Kier molecular flexibility index (Phi) is 11.3. The zero-order valence-corrected chi connectivity index (χ0v) is 26.6. The Hall–Kier alpha value is -1.99. The van der Waals surface area contributed by atoms with Gasteiger partial charge in [-0.25, -0.2) is 4.79 Å². The number of carbonyl (C=O) groups is 2. The van der Waals surface area contributed by atoms with E-state index in [0.717, 1.165) is 42.8 Å². The minimum absolute atomic E-state index is 0.137. The number of piperidine rings is 1. The van der Waals surface area contributed by atoms with E-state index in [-0.39, 0.29) is 12.3 Å². The van der Waals surface area contributed by atoms with Gasteiger partial charge < -0.3 is 19.9 Å². The first-order valence-corrected chi connectivity index (χ1v) is 15.8. The van der Waals surface area contributed by atoms with Crippen LogP contribution in [0.4, 0.5) is 4.79 Å². The highest BCUT2D eigenvalue weighted by molar-refractivity contribution is 6.35. The lowest BCUT2D eigenvalue weighted by Crippen LogP contribution is -2.52. The van der Waals surface area contributed by atoms with Crippen LogP contribution in [0, 0.1) is 0 Å². The molecule has 4 rings (SSSR count). The molecule has 0 spiro atoms. The molecule has 2 saturated heterocycles. The third-order valence-electron chi connectivity index (χ3n) is 7.90. The van der Waals surface area contributed by atoms with Crippen molar-refractivity contribution in [2.45, 2.75) is 83.3 Å². The molecule has 1 atom stereocenters. The number of nitrogens with one attached hydrogen (secondary N) is 1. The summed E-state index contributed by atoms with van der Waals surface area (Å²) >= 11 is 18.9. The number of benzene rings is 2. The molecule has 0 bridgehead atoms. The van der Waals surface area contributed by atoms with Crippen LogP contribution < -0.4 is 5.32 Å². The lowest BCUT2D eigenvalue weighted by atomic mass is 9.85. The fourth-order valence-electron chi connectivity index (χ4n) is 5.88. The topological polar surface area (TPSA) is 61.9 Å². The van der Waals surface area contributed by atoms with Crippen LogP contribution in [0.3, 0.4) is 0 Å². The summed E-state index contributed by atoms with van der Waals surface area (Å²) in [5.74, 6) is 0.225. The van der Waals surface area contributed by atoms with E-state index in [1.165, 1.54) is 37.1 Å². The fourth-order valence-corrected chi connectivity index (χ4v) is 6.56. The SMILES string of the molecule is CC(C)(C)OC(=O)N[C@H](Cc1ccc(Cl)cc1Cl)C(=O)N1CCC(c2ccc(Cl)cc2CCCN2CCCC2)CC1. The van der Waals surface area contributed by atoms with Crippen molar-refractivity contribution in [1.29, 1.82) is 0 Å². The van der Waals surface area contributed by atoms with Gasteiger partial charge in [0, 0.05) is 34.6 Å². The Morgan fingerprint density at radius 3 is 2.27 bits per heavy atom. The van der Waals surface area contributed by atoms with Crippen LogP contribution in [0.1, 0.15) is 75.5 Å². The second-order valence-corrected chi connectivity index (χ2v) is 13.5. The summed E-state index contributed by atoms with van der Waals surface area (Å²) in [7, 11) is 0. The molecule has 1 N–H and O–H groups in total. The zero-order valence-electron chi connectivity index (χ0n) is 24.4. The molecule has 41 heavy (non-hydrogen) atoms. The Morgan fingerprint density at radius 1 is 0.951 bits per heavy atom. The molecule has 2 aromatic rings. The molecule has 224 valence electrons. The number of likely N-dealkylation sites (tertiary alicyclic amines) is 2. The number of carbonyl (C=O) groups excluding carboxylic acids is 2.